The predicted molar refractivity (Wildman–Crippen MR) is 129 cm³/mol. The summed E-state index contributed by atoms with van der Waals surface area (Å²) < 4.78 is 21.6. The lowest BCUT2D eigenvalue weighted by Gasteiger charge is -2.11. The highest BCUT2D eigenvalue weighted by Gasteiger charge is 2.19. The van der Waals surface area contributed by atoms with Crippen LogP contribution in [0.25, 0.3) is 17.1 Å². The summed E-state index contributed by atoms with van der Waals surface area (Å²) in [6.45, 7) is 1.33. The molecule has 9 heteroatoms. The highest BCUT2D eigenvalue weighted by atomic mass is 32.2. The van der Waals surface area contributed by atoms with Crippen molar-refractivity contribution in [1.29, 1.82) is 0 Å². The zero-order chi connectivity index (χ0) is 24.1. The number of hydrogen-bond acceptors (Lipinski definition) is 6. The molecule has 7 nitrogen and oxygen atoms in total. The Kier molecular flexibility index (Phi) is 7.03. The number of rotatable bonds is 8. The van der Waals surface area contributed by atoms with Crippen molar-refractivity contribution in [1.82, 2.24) is 14.8 Å². The van der Waals surface area contributed by atoms with E-state index >= 15 is 0 Å². The maximum atomic E-state index is 14.5. The number of aromatic nitrogens is 3. The zero-order valence-electron chi connectivity index (χ0n) is 18.5. The number of benzene rings is 3. The molecule has 0 saturated heterocycles. The van der Waals surface area contributed by atoms with Gasteiger partial charge in [0.25, 0.3) is 0 Å². The summed E-state index contributed by atoms with van der Waals surface area (Å²) in [6.07, 6.45) is 0. The number of nitrogens with zero attached hydrogens (tertiary/aromatic N) is 3. The van der Waals surface area contributed by atoms with Crippen LogP contribution in [0.1, 0.15) is 17.3 Å². The van der Waals surface area contributed by atoms with Crippen LogP contribution in [0.3, 0.4) is 0 Å². The summed E-state index contributed by atoms with van der Waals surface area (Å²) >= 11 is 1.17. The number of anilines is 1. The molecule has 0 atom stereocenters. The Labute approximate surface area is 200 Å². The van der Waals surface area contributed by atoms with E-state index in [2.05, 4.69) is 15.5 Å². The monoisotopic (exact) mass is 476 g/mol. The zero-order valence-corrected chi connectivity index (χ0v) is 19.3. The number of Topliss-reactive ketones (excluding diaryl/α,β-unsaturated/α-hetero) is 1. The van der Waals surface area contributed by atoms with E-state index in [0.717, 1.165) is 23.1 Å². The van der Waals surface area contributed by atoms with E-state index in [1.807, 2.05) is 59.2 Å². The highest BCUT2D eigenvalue weighted by molar-refractivity contribution is 7.99. The number of thioether (sulfide) groups is 1. The molecule has 0 bridgehead atoms. The lowest BCUT2D eigenvalue weighted by atomic mass is 10.1. The normalized spacial score (nSPS) is 10.7. The van der Waals surface area contributed by atoms with Crippen LogP contribution in [-0.4, -0.2) is 39.3 Å². The molecule has 172 valence electrons. The number of carbonyl (C=O) groups excluding carboxylic acids is 2. The predicted octanol–water partition coefficient (Wildman–Crippen LogP) is 5.02. The Balaban J connectivity index is 1.60. The van der Waals surface area contributed by atoms with Crippen molar-refractivity contribution in [3.05, 3.63) is 84.2 Å². The number of methoxy groups -OCH3 is 1. The minimum absolute atomic E-state index is 0.0377. The Bertz CT molecular complexity index is 1320. The molecule has 0 aliphatic rings. The molecule has 0 spiro atoms. The lowest BCUT2D eigenvalue weighted by molar-refractivity contribution is -0.114. The fourth-order valence-electron chi connectivity index (χ4n) is 3.33. The van der Waals surface area contributed by atoms with Crippen molar-refractivity contribution < 1.29 is 18.7 Å². The molecule has 3 aromatic carbocycles. The molecule has 1 aromatic heterocycles. The Morgan fingerprint density at radius 3 is 2.41 bits per heavy atom. The summed E-state index contributed by atoms with van der Waals surface area (Å²) in [6, 6.07) is 21.0. The van der Waals surface area contributed by atoms with Crippen LogP contribution in [0.15, 0.2) is 78.0 Å². The third-order valence-corrected chi connectivity index (χ3v) is 5.85. The summed E-state index contributed by atoms with van der Waals surface area (Å²) in [5, 5.41) is 11.6. The standard InChI is InChI=1S/C25H21FN4O3S/c1-16(31)27-18-10-13-21(22(26)14-18)23(32)15-34-25-29-28-24(17-8-11-20(33-2)12-9-17)30(25)19-6-4-3-5-7-19/h3-14H,15H2,1-2H3,(H,27,31). The first-order chi connectivity index (χ1) is 16.5. The number of carbonyl (C=O) groups is 2. The third-order valence-electron chi connectivity index (χ3n) is 4.92. The molecule has 0 unspecified atom stereocenters. The van der Waals surface area contributed by atoms with Gasteiger partial charge in [0.15, 0.2) is 16.8 Å². The second-order valence-electron chi connectivity index (χ2n) is 7.29. The van der Waals surface area contributed by atoms with Crippen molar-refractivity contribution in [2.75, 3.05) is 18.2 Å². The molecule has 4 aromatic rings. The third kappa shape index (κ3) is 5.15. The largest absolute Gasteiger partial charge is 0.497 e. The molecule has 1 amide bonds. The van der Waals surface area contributed by atoms with Gasteiger partial charge in [-0.3, -0.25) is 14.2 Å². The van der Waals surface area contributed by atoms with E-state index in [9.17, 15) is 14.0 Å². The minimum Gasteiger partial charge on any atom is -0.497 e. The molecule has 0 aliphatic carbocycles. The summed E-state index contributed by atoms with van der Waals surface area (Å²) in [5.41, 5.74) is 1.90. The van der Waals surface area contributed by atoms with E-state index in [-0.39, 0.29) is 17.2 Å². The van der Waals surface area contributed by atoms with Gasteiger partial charge in [-0.05, 0) is 54.6 Å². The Morgan fingerprint density at radius 2 is 1.76 bits per heavy atom. The lowest BCUT2D eigenvalue weighted by Crippen LogP contribution is -2.09. The van der Waals surface area contributed by atoms with Crippen LogP contribution >= 0.6 is 11.8 Å². The SMILES string of the molecule is COc1ccc(-c2nnc(SCC(=O)c3ccc(NC(C)=O)cc3F)n2-c2ccccc2)cc1. The molecule has 0 aliphatic heterocycles. The Morgan fingerprint density at radius 1 is 1.03 bits per heavy atom. The molecule has 34 heavy (non-hydrogen) atoms. The van der Waals surface area contributed by atoms with Crippen molar-refractivity contribution in [3.63, 3.8) is 0 Å². The van der Waals surface area contributed by atoms with Gasteiger partial charge in [-0.1, -0.05) is 30.0 Å². The van der Waals surface area contributed by atoms with Crippen LogP contribution in [-0.2, 0) is 4.79 Å². The number of ketones is 1. The number of amides is 1. The van der Waals surface area contributed by atoms with E-state index in [0.29, 0.717) is 16.7 Å². The second-order valence-corrected chi connectivity index (χ2v) is 8.24. The quantitative estimate of drug-likeness (QED) is 0.284. The summed E-state index contributed by atoms with van der Waals surface area (Å²) in [4.78, 5) is 23.9. The van der Waals surface area contributed by atoms with Crippen LogP contribution in [0.4, 0.5) is 10.1 Å². The van der Waals surface area contributed by atoms with Gasteiger partial charge in [-0.2, -0.15) is 0 Å². The first kappa shape index (κ1) is 23.2. The van der Waals surface area contributed by atoms with Crippen LogP contribution in [0, 0.1) is 5.82 Å². The first-order valence-corrected chi connectivity index (χ1v) is 11.3. The van der Waals surface area contributed by atoms with Gasteiger partial charge in [0.1, 0.15) is 11.6 Å². The van der Waals surface area contributed by atoms with E-state index in [1.54, 1.807) is 7.11 Å². The number of para-hydroxylation sites is 1. The molecule has 0 fully saturated rings. The van der Waals surface area contributed by atoms with Crippen molar-refractivity contribution in [3.8, 4) is 22.8 Å². The van der Waals surface area contributed by atoms with Crippen LogP contribution in [0.5, 0.6) is 5.75 Å². The molecule has 1 N–H and O–H groups in total. The van der Waals surface area contributed by atoms with Gasteiger partial charge in [0.2, 0.25) is 5.91 Å². The van der Waals surface area contributed by atoms with E-state index < -0.39 is 11.6 Å². The van der Waals surface area contributed by atoms with Gasteiger partial charge in [-0.25, -0.2) is 4.39 Å². The molecular formula is C25H21FN4O3S. The smallest absolute Gasteiger partial charge is 0.221 e. The summed E-state index contributed by atoms with van der Waals surface area (Å²) in [5.74, 6) is -0.118. The van der Waals surface area contributed by atoms with Gasteiger partial charge >= 0.3 is 0 Å². The fourth-order valence-corrected chi connectivity index (χ4v) is 4.17. The average Bonchev–Trinajstić information content (AvgIpc) is 3.27. The van der Waals surface area contributed by atoms with Crippen molar-refractivity contribution >= 4 is 29.1 Å². The number of hydrogen-bond donors (Lipinski definition) is 1. The minimum atomic E-state index is -0.694. The molecule has 0 radical (unpaired) electrons. The number of nitrogens with one attached hydrogen (secondary N) is 1. The van der Waals surface area contributed by atoms with E-state index in [4.69, 9.17) is 4.74 Å². The maximum Gasteiger partial charge on any atom is 0.221 e. The average molecular weight is 477 g/mol. The van der Waals surface area contributed by atoms with Gasteiger partial charge in [-0.15, -0.1) is 10.2 Å². The molecule has 0 saturated carbocycles. The molecule has 4 rings (SSSR count). The first-order valence-electron chi connectivity index (χ1n) is 10.3. The molecule has 1 heterocycles. The van der Waals surface area contributed by atoms with Gasteiger partial charge < -0.3 is 10.1 Å². The van der Waals surface area contributed by atoms with Gasteiger partial charge in [0.05, 0.1) is 18.4 Å². The van der Waals surface area contributed by atoms with Crippen LogP contribution < -0.4 is 10.1 Å². The maximum absolute atomic E-state index is 14.5. The Hall–Kier alpha value is -3.98. The number of ether oxygens (including phenoxy) is 1. The van der Waals surface area contributed by atoms with Crippen molar-refractivity contribution in [2.24, 2.45) is 0 Å². The van der Waals surface area contributed by atoms with Crippen molar-refractivity contribution in [2.45, 2.75) is 12.1 Å². The molecular weight excluding hydrogens is 455 g/mol. The van der Waals surface area contributed by atoms with E-state index in [1.165, 1.54) is 30.8 Å². The number of halogens is 1. The summed E-state index contributed by atoms with van der Waals surface area (Å²) in [7, 11) is 1.60. The highest BCUT2D eigenvalue weighted by Crippen LogP contribution is 2.29. The van der Waals surface area contributed by atoms with Gasteiger partial charge in [0, 0.05) is 23.9 Å². The fraction of sp³-hybridized carbons (Fsp3) is 0.120. The topological polar surface area (TPSA) is 86.1 Å². The van der Waals surface area contributed by atoms with Crippen LogP contribution in [0.2, 0.25) is 0 Å². The second kappa shape index (κ2) is 10.3.